The molecule has 1 atom stereocenters. The highest BCUT2D eigenvalue weighted by molar-refractivity contribution is 5.67. The first-order chi connectivity index (χ1) is 15.7. The zero-order valence-corrected chi connectivity index (χ0v) is 17.2. The normalized spacial score (nSPS) is 18.4. The predicted octanol–water partition coefficient (Wildman–Crippen LogP) is 4.30. The van der Waals surface area contributed by atoms with Crippen molar-refractivity contribution >= 4 is 17.0 Å². The minimum atomic E-state index is -0.438. The van der Waals surface area contributed by atoms with Crippen LogP contribution in [0.1, 0.15) is 36.4 Å². The van der Waals surface area contributed by atoms with Gasteiger partial charge < -0.3 is 9.64 Å². The molecule has 2 aliphatic heterocycles. The van der Waals surface area contributed by atoms with Crippen LogP contribution in [0.4, 0.5) is 14.6 Å². The second-order valence-electron chi connectivity index (χ2n) is 8.04. The van der Waals surface area contributed by atoms with Gasteiger partial charge in [0.15, 0.2) is 5.65 Å². The smallest absolute Gasteiger partial charge is 0.183 e. The first-order valence-electron chi connectivity index (χ1n) is 10.6. The lowest BCUT2D eigenvalue weighted by Gasteiger charge is -2.26. The summed E-state index contributed by atoms with van der Waals surface area (Å²) in [5, 5.41) is 8.88. The zero-order valence-electron chi connectivity index (χ0n) is 17.2. The highest BCUT2D eigenvalue weighted by Crippen LogP contribution is 2.37. The average molecular weight is 434 g/mol. The Morgan fingerprint density at radius 2 is 2.03 bits per heavy atom. The Bertz CT molecular complexity index is 1340. The number of benzene rings is 1. The molecule has 5 heterocycles. The van der Waals surface area contributed by atoms with Crippen molar-refractivity contribution in [1.29, 1.82) is 0 Å². The Hall–Kier alpha value is -3.75. The van der Waals surface area contributed by atoms with Crippen LogP contribution in [-0.4, -0.2) is 37.5 Å². The van der Waals surface area contributed by atoms with Crippen molar-refractivity contribution in [2.45, 2.75) is 25.3 Å². The first-order valence-corrected chi connectivity index (χ1v) is 10.6. The Morgan fingerprint density at radius 1 is 1.09 bits per heavy atom. The summed E-state index contributed by atoms with van der Waals surface area (Å²) in [7, 11) is 0. The summed E-state index contributed by atoms with van der Waals surface area (Å²) in [6.45, 7) is 1.40. The van der Waals surface area contributed by atoms with E-state index in [0.29, 0.717) is 30.2 Å². The molecule has 1 saturated heterocycles. The van der Waals surface area contributed by atoms with Crippen LogP contribution in [0.2, 0.25) is 0 Å². The van der Waals surface area contributed by atoms with Gasteiger partial charge >= 0.3 is 0 Å². The fourth-order valence-corrected chi connectivity index (χ4v) is 4.52. The van der Waals surface area contributed by atoms with Gasteiger partial charge in [-0.1, -0.05) is 0 Å². The van der Waals surface area contributed by atoms with Crippen LogP contribution in [-0.2, 0) is 4.74 Å². The second kappa shape index (κ2) is 7.44. The number of ether oxygens (including phenoxy) is 1. The maximum Gasteiger partial charge on any atom is 0.183 e. The fourth-order valence-electron chi connectivity index (χ4n) is 4.52. The van der Waals surface area contributed by atoms with Crippen molar-refractivity contribution in [3.05, 3.63) is 78.1 Å². The van der Waals surface area contributed by atoms with E-state index >= 15 is 0 Å². The number of hydrogen-bond donors (Lipinski definition) is 0. The summed E-state index contributed by atoms with van der Waals surface area (Å²) in [4.78, 5) is 6.87. The van der Waals surface area contributed by atoms with Crippen LogP contribution in [0.3, 0.4) is 0 Å². The first kappa shape index (κ1) is 19.0. The molecule has 1 unspecified atom stereocenters. The predicted molar refractivity (Wildman–Crippen MR) is 114 cm³/mol. The minimum Gasteiger partial charge on any atom is -0.501 e. The molecule has 4 aromatic rings. The Kier molecular flexibility index (Phi) is 4.41. The molecule has 2 aliphatic rings. The van der Waals surface area contributed by atoms with Gasteiger partial charge in [0.1, 0.15) is 23.1 Å². The molecule has 32 heavy (non-hydrogen) atoms. The molecule has 0 saturated carbocycles. The molecule has 6 rings (SSSR count). The van der Waals surface area contributed by atoms with E-state index in [2.05, 4.69) is 10.2 Å². The van der Waals surface area contributed by atoms with E-state index in [4.69, 9.17) is 9.72 Å². The fraction of sp³-hybridized carbons (Fsp3) is 0.261. The van der Waals surface area contributed by atoms with Gasteiger partial charge in [-0.3, -0.25) is 0 Å². The van der Waals surface area contributed by atoms with Crippen LogP contribution in [0.25, 0.3) is 16.9 Å². The highest BCUT2D eigenvalue weighted by Gasteiger charge is 2.30. The van der Waals surface area contributed by atoms with Crippen molar-refractivity contribution in [1.82, 2.24) is 24.4 Å². The number of halogens is 2. The minimum absolute atomic E-state index is 0.266. The summed E-state index contributed by atoms with van der Waals surface area (Å²) < 4.78 is 37.1. The lowest BCUT2D eigenvalue weighted by atomic mass is 10.0. The van der Waals surface area contributed by atoms with Gasteiger partial charge in [0.25, 0.3) is 0 Å². The second-order valence-corrected chi connectivity index (χ2v) is 8.04. The van der Waals surface area contributed by atoms with E-state index in [1.54, 1.807) is 27.9 Å². The third-order valence-electron chi connectivity index (χ3n) is 6.11. The molecule has 0 radical (unpaired) electrons. The van der Waals surface area contributed by atoms with Crippen molar-refractivity contribution in [3.8, 4) is 5.69 Å². The SMILES string of the molecule is Fc1ccc(F)c(C2CCCN2c2ccn3ncc(-n4cc(C5=COCC5)cn4)c3n2)c1. The summed E-state index contributed by atoms with van der Waals surface area (Å²) in [5.74, 6) is -0.139. The summed E-state index contributed by atoms with van der Waals surface area (Å²) >= 11 is 0. The van der Waals surface area contributed by atoms with Crippen molar-refractivity contribution in [2.24, 2.45) is 0 Å². The van der Waals surface area contributed by atoms with Crippen molar-refractivity contribution in [3.63, 3.8) is 0 Å². The number of rotatable bonds is 4. The number of anilines is 1. The molecule has 3 aromatic heterocycles. The lowest BCUT2D eigenvalue weighted by Crippen LogP contribution is -2.24. The quantitative estimate of drug-likeness (QED) is 0.479. The van der Waals surface area contributed by atoms with Gasteiger partial charge in [-0.15, -0.1) is 0 Å². The number of hydrogen-bond acceptors (Lipinski definition) is 5. The molecule has 162 valence electrons. The number of fused-ring (bicyclic) bond motifs is 1. The number of aromatic nitrogens is 5. The van der Waals surface area contributed by atoms with E-state index in [0.717, 1.165) is 42.2 Å². The lowest BCUT2D eigenvalue weighted by molar-refractivity contribution is 0.281. The van der Waals surface area contributed by atoms with Gasteiger partial charge in [-0.25, -0.2) is 23.0 Å². The largest absolute Gasteiger partial charge is 0.501 e. The van der Waals surface area contributed by atoms with Gasteiger partial charge in [-0.05, 0) is 37.1 Å². The number of nitrogens with zero attached hydrogens (tertiary/aromatic N) is 6. The average Bonchev–Trinajstić information content (AvgIpc) is 3.60. The summed E-state index contributed by atoms with van der Waals surface area (Å²) in [6.07, 6.45) is 11.5. The molecule has 1 fully saturated rings. The van der Waals surface area contributed by atoms with Gasteiger partial charge in [0, 0.05) is 42.1 Å². The van der Waals surface area contributed by atoms with Crippen LogP contribution in [0, 0.1) is 11.6 Å². The maximum atomic E-state index is 14.5. The highest BCUT2D eigenvalue weighted by atomic mass is 19.1. The van der Waals surface area contributed by atoms with Gasteiger partial charge in [0.2, 0.25) is 0 Å². The van der Waals surface area contributed by atoms with E-state index in [1.165, 1.54) is 12.1 Å². The van der Waals surface area contributed by atoms with Gasteiger partial charge in [-0.2, -0.15) is 10.2 Å². The van der Waals surface area contributed by atoms with E-state index < -0.39 is 11.6 Å². The maximum absolute atomic E-state index is 14.5. The van der Waals surface area contributed by atoms with E-state index in [-0.39, 0.29) is 6.04 Å². The molecular formula is C23H20F2N6O. The molecule has 7 nitrogen and oxygen atoms in total. The molecule has 1 aromatic carbocycles. The molecule has 0 N–H and O–H groups in total. The Balaban J connectivity index is 1.37. The van der Waals surface area contributed by atoms with Gasteiger partial charge in [0.05, 0.1) is 31.3 Å². The van der Waals surface area contributed by atoms with Crippen LogP contribution >= 0.6 is 0 Å². The van der Waals surface area contributed by atoms with Crippen LogP contribution < -0.4 is 4.90 Å². The third-order valence-corrected chi connectivity index (χ3v) is 6.11. The molecule has 0 spiro atoms. The standard InChI is InChI=1S/C23H20F2N6O/c24-17-3-4-19(25)18(10-17)20-2-1-7-29(20)22-5-8-30-23(28-22)21(12-27-30)31-13-16(11-26-31)15-6-9-32-14-15/h3-5,8,10-14,20H,1-2,6-7,9H2. The van der Waals surface area contributed by atoms with E-state index in [9.17, 15) is 8.78 Å². The van der Waals surface area contributed by atoms with Crippen LogP contribution in [0.15, 0.2) is 55.3 Å². The van der Waals surface area contributed by atoms with Crippen molar-refractivity contribution in [2.75, 3.05) is 18.1 Å². The molecule has 0 bridgehead atoms. The Labute approximate surface area is 182 Å². The van der Waals surface area contributed by atoms with Crippen LogP contribution in [0.5, 0.6) is 0 Å². The molecule has 0 aliphatic carbocycles. The topological polar surface area (TPSA) is 60.5 Å². The molecular weight excluding hydrogens is 414 g/mol. The Morgan fingerprint density at radius 3 is 2.91 bits per heavy atom. The summed E-state index contributed by atoms with van der Waals surface area (Å²) in [5.41, 5.74) is 3.85. The monoisotopic (exact) mass is 434 g/mol. The zero-order chi connectivity index (χ0) is 21.7. The molecule has 0 amide bonds. The summed E-state index contributed by atoms with van der Waals surface area (Å²) in [6, 6.07) is 5.21. The van der Waals surface area contributed by atoms with E-state index in [1.807, 2.05) is 23.4 Å². The van der Waals surface area contributed by atoms with Crippen molar-refractivity contribution < 1.29 is 13.5 Å². The third kappa shape index (κ3) is 3.12. The molecule has 9 heteroatoms.